The summed E-state index contributed by atoms with van der Waals surface area (Å²) in [5.41, 5.74) is 0.781. The molecule has 0 saturated carbocycles. The summed E-state index contributed by atoms with van der Waals surface area (Å²) < 4.78 is 36.3. The van der Waals surface area contributed by atoms with Crippen molar-refractivity contribution in [3.63, 3.8) is 0 Å². The number of halogens is 1. The van der Waals surface area contributed by atoms with Gasteiger partial charge in [-0.2, -0.15) is 0 Å². The predicted octanol–water partition coefficient (Wildman–Crippen LogP) is 2.61. The van der Waals surface area contributed by atoms with Gasteiger partial charge in [0.15, 0.2) is 0 Å². The molecule has 0 aliphatic rings. The Kier molecular flexibility index (Phi) is 5.12. The van der Waals surface area contributed by atoms with Gasteiger partial charge < -0.3 is 5.32 Å². The van der Waals surface area contributed by atoms with E-state index in [1.165, 1.54) is 24.3 Å². The first-order valence-corrected chi connectivity index (χ1v) is 8.49. The molecular weight excluding hydrogens is 319 g/mol. The van der Waals surface area contributed by atoms with E-state index in [1.807, 2.05) is 0 Å². The van der Waals surface area contributed by atoms with Gasteiger partial charge in [-0.25, -0.2) is 17.9 Å². The maximum atomic E-state index is 13.7. The van der Waals surface area contributed by atoms with Gasteiger partial charge >= 0.3 is 0 Å². The summed E-state index contributed by atoms with van der Waals surface area (Å²) in [7, 11) is -3.83. The Morgan fingerprint density at radius 1 is 1.22 bits per heavy atom. The highest BCUT2D eigenvalue weighted by Crippen LogP contribution is 2.23. The largest absolute Gasteiger partial charge is 0.326 e. The Labute approximate surface area is 134 Å². The van der Waals surface area contributed by atoms with Crippen LogP contribution in [0.1, 0.15) is 24.8 Å². The lowest BCUT2D eigenvalue weighted by atomic mass is 9.97. The molecule has 1 amide bonds. The minimum absolute atomic E-state index is 0.0700. The molecule has 0 aliphatic carbocycles. The monoisotopic (exact) mass is 336 g/mol. The highest BCUT2D eigenvalue weighted by molar-refractivity contribution is 7.89. The average molecular weight is 336 g/mol. The fourth-order valence-electron chi connectivity index (χ4n) is 2.23. The Balaban J connectivity index is 2.07. The van der Waals surface area contributed by atoms with Crippen LogP contribution in [0.2, 0.25) is 0 Å². The third kappa shape index (κ3) is 4.61. The first kappa shape index (κ1) is 17.1. The molecule has 2 aromatic rings. The van der Waals surface area contributed by atoms with E-state index >= 15 is 0 Å². The van der Waals surface area contributed by atoms with Gasteiger partial charge in [-0.05, 0) is 35.7 Å². The van der Waals surface area contributed by atoms with Gasteiger partial charge in [0.05, 0.1) is 4.90 Å². The smallest absolute Gasteiger partial charge is 0.238 e. The van der Waals surface area contributed by atoms with E-state index in [0.717, 1.165) is 0 Å². The van der Waals surface area contributed by atoms with Crippen molar-refractivity contribution in [2.45, 2.75) is 24.2 Å². The number of hydrogen-bond donors (Lipinski definition) is 2. The third-order valence-electron chi connectivity index (χ3n) is 3.37. The molecule has 0 spiro atoms. The number of rotatable bonds is 5. The quantitative estimate of drug-likeness (QED) is 0.879. The van der Waals surface area contributed by atoms with Gasteiger partial charge in [0.2, 0.25) is 15.9 Å². The molecule has 2 rings (SSSR count). The van der Waals surface area contributed by atoms with Crippen LogP contribution in [-0.4, -0.2) is 14.3 Å². The van der Waals surface area contributed by atoms with Crippen molar-refractivity contribution in [1.29, 1.82) is 0 Å². The van der Waals surface area contributed by atoms with Crippen LogP contribution in [-0.2, 0) is 14.8 Å². The Bertz CT molecular complexity index is 822. The molecule has 3 N–H and O–H groups in total. The van der Waals surface area contributed by atoms with E-state index in [4.69, 9.17) is 5.14 Å². The highest BCUT2D eigenvalue weighted by atomic mass is 32.2. The van der Waals surface area contributed by atoms with Gasteiger partial charge in [0.1, 0.15) is 5.82 Å². The van der Waals surface area contributed by atoms with Crippen LogP contribution in [0.15, 0.2) is 53.4 Å². The second kappa shape index (κ2) is 6.89. The Morgan fingerprint density at radius 2 is 1.91 bits per heavy atom. The van der Waals surface area contributed by atoms with Crippen molar-refractivity contribution in [2.24, 2.45) is 5.14 Å². The molecule has 1 unspecified atom stereocenters. The zero-order valence-corrected chi connectivity index (χ0v) is 13.3. The lowest BCUT2D eigenvalue weighted by Crippen LogP contribution is -2.16. The summed E-state index contributed by atoms with van der Waals surface area (Å²) >= 11 is 0. The second-order valence-corrected chi connectivity index (χ2v) is 6.81. The molecule has 5 nitrogen and oxygen atoms in total. The molecule has 7 heteroatoms. The van der Waals surface area contributed by atoms with Crippen LogP contribution >= 0.6 is 0 Å². The maximum Gasteiger partial charge on any atom is 0.238 e. The van der Waals surface area contributed by atoms with Gasteiger partial charge in [-0.3, -0.25) is 4.79 Å². The molecular formula is C16H17FN2O3S. The van der Waals surface area contributed by atoms with E-state index in [-0.39, 0.29) is 29.0 Å². The van der Waals surface area contributed by atoms with Crippen LogP contribution < -0.4 is 10.5 Å². The Hall–Kier alpha value is -2.25. The molecule has 1 atom stereocenters. The van der Waals surface area contributed by atoms with Crippen LogP contribution in [0.5, 0.6) is 0 Å². The number of sulfonamides is 1. The lowest BCUT2D eigenvalue weighted by Gasteiger charge is -2.13. The molecule has 0 aliphatic heterocycles. The molecule has 23 heavy (non-hydrogen) atoms. The van der Waals surface area contributed by atoms with E-state index in [9.17, 15) is 17.6 Å². The number of carbonyl (C=O) groups is 1. The van der Waals surface area contributed by atoms with E-state index in [0.29, 0.717) is 11.3 Å². The molecule has 0 heterocycles. The van der Waals surface area contributed by atoms with Gasteiger partial charge in [0, 0.05) is 12.1 Å². The van der Waals surface area contributed by atoms with Crippen LogP contribution in [0, 0.1) is 5.82 Å². The summed E-state index contributed by atoms with van der Waals surface area (Å²) in [6.45, 7) is 1.75. The number of nitrogens with two attached hydrogens (primary N) is 1. The van der Waals surface area contributed by atoms with Crippen molar-refractivity contribution in [3.8, 4) is 0 Å². The zero-order chi connectivity index (χ0) is 17.0. The summed E-state index contributed by atoms with van der Waals surface area (Å²) in [5, 5.41) is 7.64. The van der Waals surface area contributed by atoms with Crippen LogP contribution in [0.4, 0.5) is 10.1 Å². The molecule has 2 aromatic carbocycles. The van der Waals surface area contributed by atoms with Crippen molar-refractivity contribution < 1.29 is 17.6 Å². The first-order valence-electron chi connectivity index (χ1n) is 6.94. The number of primary sulfonamides is 1. The minimum atomic E-state index is -3.83. The Morgan fingerprint density at radius 3 is 2.57 bits per heavy atom. The molecule has 0 saturated heterocycles. The molecule has 0 bridgehead atoms. The number of carbonyl (C=O) groups excluding carboxylic acids is 1. The van der Waals surface area contributed by atoms with Gasteiger partial charge in [0.25, 0.3) is 0 Å². The van der Waals surface area contributed by atoms with Gasteiger partial charge in [-0.15, -0.1) is 0 Å². The van der Waals surface area contributed by atoms with Gasteiger partial charge in [-0.1, -0.05) is 31.2 Å². The second-order valence-electron chi connectivity index (χ2n) is 5.25. The standard InChI is InChI=1S/C16H17FN2O3S/c1-11(14-7-2-3-8-15(14)17)9-16(20)19-12-5-4-6-13(10-12)23(18,21)22/h2-8,10-11H,9H2,1H3,(H,19,20)(H2,18,21,22). The lowest BCUT2D eigenvalue weighted by molar-refractivity contribution is -0.116. The molecule has 0 radical (unpaired) electrons. The van der Waals surface area contributed by atoms with Crippen molar-refractivity contribution in [3.05, 3.63) is 59.9 Å². The summed E-state index contributed by atoms with van der Waals surface area (Å²) in [6, 6.07) is 11.9. The summed E-state index contributed by atoms with van der Waals surface area (Å²) in [5.74, 6) is -1.01. The third-order valence-corrected chi connectivity index (χ3v) is 4.29. The normalized spacial score (nSPS) is 12.7. The maximum absolute atomic E-state index is 13.7. The topological polar surface area (TPSA) is 89.3 Å². The van der Waals surface area contributed by atoms with E-state index in [1.54, 1.807) is 31.2 Å². The van der Waals surface area contributed by atoms with E-state index in [2.05, 4.69) is 5.32 Å². The highest BCUT2D eigenvalue weighted by Gasteiger charge is 2.15. The number of amides is 1. The van der Waals surface area contributed by atoms with Crippen LogP contribution in [0.25, 0.3) is 0 Å². The molecule has 0 aromatic heterocycles. The number of anilines is 1. The van der Waals surface area contributed by atoms with E-state index < -0.39 is 10.0 Å². The predicted molar refractivity (Wildman–Crippen MR) is 85.9 cm³/mol. The zero-order valence-electron chi connectivity index (χ0n) is 12.5. The van der Waals surface area contributed by atoms with Crippen molar-refractivity contribution >= 4 is 21.6 Å². The number of hydrogen-bond acceptors (Lipinski definition) is 3. The fourth-order valence-corrected chi connectivity index (χ4v) is 2.79. The number of benzene rings is 2. The number of nitrogens with one attached hydrogen (secondary N) is 1. The fraction of sp³-hybridized carbons (Fsp3) is 0.188. The average Bonchev–Trinajstić information content (AvgIpc) is 2.46. The van der Waals surface area contributed by atoms with Crippen molar-refractivity contribution in [1.82, 2.24) is 0 Å². The molecule has 0 fully saturated rings. The molecule has 122 valence electrons. The summed E-state index contributed by atoms with van der Waals surface area (Å²) in [4.78, 5) is 12.0. The summed E-state index contributed by atoms with van der Waals surface area (Å²) in [6.07, 6.45) is 0.0700. The first-order chi connectivity index (χ1) is 10.8. The minimum Gasteiger partial charge on any atom is -0.326 e. The SMILES string of the molecule is CC(CC(=O)Nc1cccc(S(N)(=O)=O)c1)c1ccccc1F. The van der Waals surface area contributed by atoms with Crippen LogP contribution in [0.3, 0.4) is 0 Å². The van der Waals surface area contributed by atoms with Crippen molar-refractivity contribution in [2.75, 3.05) is 5.32 Å².